The Hall–Kier alpha value is -2.45. The average molecular weight is 380 g/mol. The Morgan fingerprint density at radius 2 is 1.67 bits per heavy atom. The molecule has 1 aliphatic rings. The van der Waals surface area contributed by atoms with Gasteiger partial charge in [-0.3, -0.25) is 19.3 Å². The summed E-state index contributed by atoms with van der Waals surface area (Å²) in [4.78, 5) is 38.8. The van der Waals surface area contributed by atoms with E-state index in [0.29, 0.717) is 13.0 Å². The molecule has 0 aromatic heterocycles. The van der Waals surface area contributed by atoms with Gasteiger partial charge in [-0.15, -0.1) is 10.2 Å². The lowest BCUT2D eigenvalue weighted by atomic mass is 10.1. The lowest BCUT2D eigenvalue weighted by molar-refractivity contribution is -0.141. The number of rotatable bonds is 12. The number of guanidine groups is 1. The van der Waals surface area contributed by atoms with Gasteiger partial charge >= 0.3 is 0 Å². The first-order chi connectivity index (χ1) is 12.9. The van der Waals surface area contributed by atoms with E-state index < -0.39 is 23.6 Å². The van der Waals surface area contributed by atoms with E-state index in [1.165, 1.54) is 0 Å². The molecule has 1 heterocycles. The fraction of sp³-hybridized carbons (Fsp3) is 0.722. The number of likely N-dealkylation sites (tertiary alicyclic amines) is 1. The summed E-state index contributed by atoms with van der Waals surface area (Å²) in [7, 11) is 0. The highest BCUT2D eigenvalue weighted by atomic mass is 16.2. The molecule has 1 atom stereocenters. The number of amides is 3. The Bertz CT molecular complexity index is 584. The number of nitrogens with two attached hydrogens (primary N) is 2. The molecule has 1 saturated heterocycles. The largest absolute Gasteiger partial charge is 0.369 e. The highest BCUT2D eigenvalue weighted by molar-refractivity contribution is 6.54. The Morgan fingerprint density at radius 1 is 1.04 bits per heavy atom. The van der Waals surface area contributed by atoms with Crippen LogP contribution in [0.1, 0.15) is 65.2 Å². The van der Waals surface area contributed by atoms with E-state index in [0.717, 1.165) is 49.8 Å². The van der Waals surface area contributed by atoms with E-state index in [9.17, 15) is 14.4 Å². The van der Waals surface area contributed by atoms with Crippen LogP contribution in [0.5, 0.6) is 0 Å². The summed E-state index contributed by atoms with van der Waals surface area (Å²) < 4.78 is 0. The fourth-order valence-corrected chi connectivity index (χ4v) is 2.86. The molecule has 3 amide bonds. The molecule has 27 heavy (non-hydrogen) atoms. The summed E-state index contributed by atoms with van der Waals surface area (Å²) >= 11 is 0. The minimum absolute atomic E-state index is 0.227. The Morgan fingerprint density at radius 3 is 2.26 bits per heavy atom. The topological polar surface area (TPSA) is 143 Å². The van der Waals surface area contributed by atoms with Gasteiger partial charge in [-0.05, 0) is 12.8 Å². The van der Waals surface area contributed by atoms with Crippen molar-refractivity contribution in [2.75, 3.05) is 13.1 Å². The van der Waals surface area contributed by atoms with Crippen LogP contribution in [-0.2, 0) is 14.4 Å². The molecule has 0 bridgehead atoms. The van der Waals surface area contributed by atoms with Crippen LogP contribution in [0.25, 0.3) is 0 Å². The van der Waals surface area contributed by atoms with E-state index >= 15 is 0 Å². The van der Waals surface area contributed by atoms with E-state index in [4.69, 9.17) is 11.5 Å². The van der Waals surface area contributed by atoms with Crippen molar-refractivity contribution < 1.29 is 14.4 Å². The van der Waals surface area contributed by atoms with Crippen LogP contribution in [0.3, 0.4) is 0 Å². The molecule has 9 nitrogen and oxygen atoms in total. The minimum Gasteiger partial charge on any atom is -0.369 e. The number of hydrogen-bond donors (Lipinski definition) is 3. The van der Waals surface area contributed by atoms with Crippen LogP contribution in [0.2, 0.25) is 0 Å². The molecule has 5 N–H and O–H groups in total. The first-order valence-electron chi connectivity index (χ1n) is 9.73. The van der Waals surface area contributed by atoms with E-state index in [1.54, 1.807) is 0 Å². The molecule has 1 aliphatic heterocycles. The van der Waals surface area contributed by atoms with Gasteiger partial charge in [-0.25, -0.2) is 0 Å². The molecule has 0 radical (unpaired) electrons. The predicted molar refractivity (Wildman–Crippen MR) is 105 cm³/mol. The molecule has 152 valence electrons. The van der Waals surface area contributed by atoms with Crippen LogP contribution in [0.4, 0.5) is 0 Å². The highest BCUT2D eigenvalue weighted by Gasteiger charge is 2.48. The Labute approximate surface area is 160 Å². The molecular formula is C18H32N6O3. The fourth-order valence-electron chi connectivity index (χ4n) is 2.86. The molecule has 0 saturated carbocycles. The maximum absolute atomic E-state index is 12.7. The quantitative estimate of drug-likeness (QED) is 0.115. The van der Waals surface area contributed by atoms with Gasteiger partial charge < -0.3 is 16.8 Å². The van der Waals surface area contributed by atoms with Crippen LogP contribution in [-0.4, -0.2) is 47.4 Å². The zero-order valence-electron chi connectivity index (χ0n) is 16.4. The smallest absolute Gasteiger partial charge is 0.278 e. The van der Waals surface area contributed by atoms with Gasteiger partial charge in [0.05, 0.1) is 0 Å². The third kappa shape index (κ3) is 6.99. The third-order valence-corrected chi connectivity index (χ3v) is 4.35. The normalized spacial score (nSPS) is 18.2. The van der Waals surface area contributed by atoms with Crippen molar-refractivity contribution in [3.63, 3.8) is 0 Å². The summed E-state index contributed by atoms with van der Waals surface area (Å²) in [5.74, 6) is -3.34. The number of unbranched alkanes of at least 4 members (excludes halogenated alkanes) is 6. The highest BCUT2D eigenvalue weighted by Crippen LogP contribution is 2.19. The van der Waals surface area contributed by atoms with Gasteiger partial charge in [0.15, 0.2) is 11.6 Å². The number of nitrogens with zero attached hydrogens (tertiary/aromatic N) is 3. The predicted octanol–water partition coefficient (Wildman–Crippen LogP) is 0.878. The second kappa shape index (κ2) is 12.0. The molecule has 0 aromatic rings. The van der Waals surface area contributed by atoms with Gasteiger partial charge in [-0.2, -0.15) is 0 Å². The standard InChI is InChI=1S/C18H32N6O3/c1-3-5-7-9-11-21-15(25)13-14(22-23-18(19)20)17(27)24(16(13)26)12-10-8-6-4-2/h13H,3-12H2,1-2H3,(H,21,25)(H4,19,20,23)/b22-14+. The SMILES string of the molecule is CCCCCCNC(=O)C1C(=O)N(CCCCCC)C(=O)/C1=N/N=C(N)N. The van der Waals surface area contributed by atoms with Crippen molar-refractivity contribution in [2.24, 2.45) is 27.6 Å². The van der Waals surface area contributed by atoms with Crippen molar-refractivity contribution in [3.05, 3.63) is 0 Å². The summed E-state index contributed by atoms with van der Waals surface area (Å²) in [5.41, 5.74) is 10.3. The first kappa shape index (κ1) is 22.6. The number of nitrogens with one attached hydrogen (secondary N) is 1. The van der Waals surface area contributed by atoms with E-state index in [2.05, 4.69) is 29.4 Å². The molecule has 0 aliphatic carbocycles. The van der Waals surface area contributed by atoms with Crippen molar-refractivity contribution in [1.82, 2.24) is 10.2 Å². The molecule has 9 heteroatoms. The zero-order chi connectivity index (χ0) is 20.2. The second-order valence-corrected chi connectivity index (χ2v) is 6.65. The maximum atomic E-state index is 12.7. The number of carbonyl (C=O) groups excluding carboxylic acids is 3. The van der Waals surface area contributed by atoms with Crippen molar-refractivity contribution in [1.29, 1.82) is 0 Å². The van der Waals surface area contributed by atoms with Gasteiger partial charge in [0.1, 0.15) is 0 Å². The van der Waals surface area contributed by atoms with Crippen LogP contribution >= 0.6 is 0 Å². The number of hydrogen-bond acceptors (Lipinski definition) is 5. The van der Waals surface area contributed by atoms with E-state index in [-0.39, 0.29) is 18.2 Å². The molecule has 1 unspecified atom stereocenters. The third-order valence-electron chi connectivity index (χ3n) is 4.35. The van der Waals surface area contributed by atoms with Crippen molar-refractivity contribution in [3.8, 4) is 0 Å². The summed E-state index contributed by atoms with van der Waals surface area (Å²) in [6.07, 6.45) is 7.64. The average Bonchev–Trinajstić information content (AvgIpc) is 2.86. The molecule has 1 fully saturated rings. The Balaban J connectivity index is 2.84. The second-order valence-electron chi connectivity index (χ2n) is 6.65. The minimum atomic E-state index is -1.29. The molecule has 0 spiro atoms. The van der Waals surface area contributed by atoms with Crippen LogP contribution in [0.15, 0.2) is 10.2 Å². The number of carbonyl (C=O) groups is 3. The van der Waals surface area contributed by atoms with Crippen LogP contribution < -0.4 is 16.8 Å². The zero-order valence-corrected chi connectivity index (χ0v) is 16.4. The lowest BCUT2D eigenvalue weighted by Crippen LogP contribution is -2.39. The first-order valence-corrected chi connectivity index (χ1v) is 9.73. The van der Waals surface area contributed by atoms with Crippen molar-refractivity contribution >= 4 is 29.4 Å². The summed E-state index contributed by atoms with van der Waals surface area (Å²) in [6, 6.07) is 0. The van der Waals surface area contributed by atoms with E-state index in [1.807, 2.05) is 0 Å². The summed E-state index contributed by atoms with van der Waals surface area (Å²) in [5, 5.41) is 9.88. The van der Waals surface area contributed by atoms with Gasteiger partial charge in [0.2, 0.25) is 17.8 Å². The van der Waals surface area contributed by atoms with Gasteiger partial charge in [0.25, 0.3) is 5.91 Å². The van der Waals surface area contributed by atoms with Crippen molar-refractivity contribution in [2.45, 2.75) is 65.2 Å². The molecule has 1 rings (SSSR count). The maximum Gasteiger partial charge on any atom is 0.278 e. The lowest BCUT2D eigenvalue weighted by Gasteiger charge is -2.13. The van der Waals surface area contributed by atoms with Crippen LogP contribution in [0, 0.1) is 5.92 Å². The van der Waals surface area contributed by atoms with Gasteiger partial charge in [-0.1, -0.05) is 52.4 Å². The molecule has 0 aromatic carbocycles. The number of imide groups is 1. The monoisotopic (exact) mass is 380 g/mol. The summed E-state index contributed by atoms with van der Waals surface area (Å²) in [6.45, 7) is 4.89. The van der Waals surface area contributed by atoms with Gasteiger partial charge in [0, 0.05) is 13.1 Å². The Kier molecular flexibility index (Phi) is 10.1. The molecular weight excluding hydrogens is 348 g/mol.